The standard InChI is InChI=1S/C20H19N5OS/c1-14-7-6-10-17-21-16(12-19(26)25(14)17)13-27-20-23-22-18(24(20)2)11-15-8-4-3-5-9-15/h3-10,12H,11,13H2,1-2H3. The van der Waals surface area contributed by atoms with Crippen LogP contribution in [0.5, 0.6) is 0 Å². The monoisotopic (exact) mass is 377 g/mol. The van der Waals surface area contributed by atoms with Crippen LogP contribution < -0.4 is 5.56 Å². The lowest BCUT2D eigenvalue weighted by Gasteiger charge is -2.07. The van der Waals surface area contributed by atoms with Crippen LogP contribution in [-0.4, -0.2) is 24.1 Å². The van der Waals surface area contributed by atoms with Gasteiger partial charge in [-0.3, -0.25) is 9.20 Å². The molecule has 3 heterocycles. The lowest BCUT2D eigenvalue weighted by Crippen LogP contribution is -2.17. The maximum Gasteiger partial charge on any atom is 0.258 e. The summed E-state index contributed by atoms with van der Waals surface area (Å²) in [4.78, 5) is 17.0. The first kappa shape index (κ1) is 17.5. The van der Waals surface area contributed by atoms with Crippen molar-refractivity contribution in [3.63, 3.8) is 0 Å². The molecule has 0 saturated heterocycles. The van der Waals surface area contributed by atoms with E-state index in [1.165, 1.54) is 17.3 Å². The molecule has 0 aliphatic carbocycles. The van der Waals surface area contributed by atoms with Crippen molar-refractivity contribution in [2.75, 3.05) is 0 Å². The minimum Gasteiger partial charge on any atom is -0.309 e. The number of rotatable bonds is 5. The second-order valence-corrected chi connectivity index (χ2v) is 7.30. The second-order valence-electron chi connectivity index (χ2n) is 6.36. The number of fused-ring (bicyclic) bond motifs is 1. The molecule has 3 aromatic heterocycles. The maximum absolute atomic E-state index is 12.4. The van der Waals surface area contributed by atoms with Gasteiger partial charge in [-0.05, 0) is 24.6 Å². The third kappa shape index (κ3) is 3.64. The largest absolute Gasteiger partial charge is 0.309 e. The highest BCUT2D eigenvalue weighted by molar-refractivity contribution is 7.98. The van der Waals surface area contributed by atoms with E-state index in [4.69, 9.17) is 0 Å². The van der Waals surface area contributed by atoms with Crippen LogP contribution in [0.4, 0.5) is 0 Å². The molecular formula is C20H19N5OS. The van der Waals surface area contributed by atoms with E-state index >= 15 is 0 Å². The van der Waals surface area contributed by atoms with E-state index in [0.29, 0.717) is 11.4 Å². The van der Waals surface area contributed by atoms with E-state index in [2.05, 4.69) is 27.3 Å². The van der Waals surface area contributed by atoms with Crippen molar-refractivity contribution < 1.29 is 0 Å². The van der Waals surface area contributed by atoms with Gasteiger partial charge in [0.25, 0.3) is 5.56 Å². The zero-order valence-corrected chi connectivity index (χ0v) is 16.0. The van der Waals surface area contributed by atoms with Gasteiger partial charge in [-0.15, -0.1) is 10.2 Å². The van der Waals surface area contributed by atoms with Gasteiger partial charge in [0.2, 0.25) is 0 Å². The summed E-state index contributed by atoms with van der Waals surface area (Å²) in [6.07, 6.45) is 0.736. The van der Waals surface area contributed by atoms with Crippen LogP contribution in [0.2, 0.25) is 0 Å². The number of hydrogen-bond donors (Lipinski definition) is 0. The Hall–Kier alpha value is -2.93. The van der Waals surface area contributed by atoms with Crippen LogP contribution in [0.25, 0.3) is 5.65 Å². The molecule has 0 radical (unpaired) electrons. The summed E-state index contributed by atoms with van der Waals surface area (Å²) in [5, 5.41) is 9.41. The molecule has 0 aliphatic rings. The van der Waals surface area contributed by atoms with Crippen LogP contribution in [-0.2, 0) is 19.2 Å². The third-order valence-corrected chi connectivity index (χ3v) is 5.47. The maximum atomic E-state index is 12.4. The number of aromatic nitrogens is 5. The van der Waals surface area contributed by atoms with E-state index < -0.39 is 0 Å². The fourth-order valence-electron chi connectivity index (χ4n) is 2.98. The molecular weight excluding hydrogens is 358 g/mol. The van der Waals surface area contributed by atoms with Gasteiger partial charge in [-0.2, -0.15) is 0 Å². The van der Waals surface area contributed by atoms with Gasteiger partial charge in [-0.25, -0.2) is 4.98 Å². The Kier molecular flexibility index (Phi) is 4.77. The molecule has 0 unspecified atom stereocenters. The Morgan fingerprint density at radius 2 is 1.85 bits per heavy atom. The van der Waals surface area contributed by atoms with Crippen molar-refractivity contribution in [3.8, 4) is 0 Å². The summed E-state index contributed by atoms with van der Waals surface area (Å²) in [7, 11) is 1.96. The molecule has 4 aromatic rings. The van der Waals surface area contributed by atoms with E-state index in [1.807, 2.05) is 54.9 Å². The fourth-order valence-corrected chi connectivity index (χ4v) is 3.80. The molecule has 27 heavy (non-hydrogen) atoms. The highest BCUT2D eigenvalue weighted by Crippen LogP contribution is 2.21. The summed E-state index contributed by atoms with van der Waals surface area (Å²) in [6, 6.07) is 17.5. The van der Waals surface area contributed by atoms with Crippen molar-refractivity contribution in [2.45, 2.75) is 24.3 Å². The number of pyridine rings is 1. The van der Waals surface area contributed by atoms with Gasteiger partial charge in [0.05, 0.1) is 5.69 Å². The van der Waals surface area contributed by atoms with Crippen molar-refractivity contribution in [1.82, 2.24) is 24.1 Å². The third-order valence-electron chi connectivity index (χ3n) is 4.41. The van der Waals surface area contributed by atoms with Gasteiger partial charge in [0.15, 0.2) is 5.16 Å². The molecule has 0 fully saturated rings. The summed E-state index contributed by atoms with van der Waals surface area (Å²) >= 11 is 1.53. The lowest BCUT2D eigenvalue weighted by molar-refractivity contribution is 0.748. The Labute approximate surface area is 160 Å². The molecule has 0 aliphatic heterocycles. The Bertz CT molecular complexity index is 1150. The summed E-state index contributed by atoms with van der Waals surface area (Å²) in [5.41, 5.74) is 3.42. The molecule has 0 saturated carbocycles. The van der Waals surface area contributed by atoms with E-state index in [-0.39, 0.29) is 5.56 Å². The Morgan fingerprint density at radius 1 is 1.04 bits per heavy atom. The molecule has 136 valence electrons. The average molecular weight is 377 g/mol. The SMILES string of the molecule is Cc1cccc2nc(CSc3nnc(Cc4ccccc4)n3C)cc(=O)n12. The highest BCUT2D eigenvalue weighted by Gasteiger charge is 2.11. The zero-order valence-electron chi connectivity index (χ0n) is 15.2. The Balaban J connectivity index is 1.53. The quantitative estimate of drug-likeness (QED) is 0.500. The molecule has 0 atom stereocenters. The fraction of sp³-hybridized carbons (Fsp3) is 0.200. The van der Waals surface area contributed by atoms with Gasteiger partial charge in [-0.1, -0.05) is 48.2 Å². The van der Waals surface area contributed by atoms with Crippen LogP contribution >= 0.6 is 11.8 Å². The van der Waals surface area contributed by atoms with E-state index in [9.17, 15) is 4.79 Å². The molecule has 0 amide bonds. The van der Waals surface area contributed by atoms with Gasteiger partial charge in [0, 0.05) is 31.0 Å². The first-order chi connectivity index (χ1) is 13.1. The first-order valence-corrected chi connectivity index (χ1v) is 9.63. The summed E-state index contributed by atoms with van der Waals surface area (Å²) in [5.74, 6) is 1.47. The molecule has 1 aromatic carbocycles. The topological polar surface area (TPSA) is 65.1 Å². The number of hydrogen-bond acceptors (Lipinski definition) is 5. The van der Waals surface area contributed by atoms with Gasteiger partial charge >= 0.3 is 0 Å². The van der Waals surface area contributed by atoms with Gasteiger partial charge in [0.1, 0.15) is 11.5 Å². The first-order valence-electron chi connectivity index (χ1n) is 8.65. The molecule has 7 heteroatoms. The molecule has 0 bridgehead atoms. The number of thioether (sulfide) groups is 1. The molecule has 6 nitrogen and oxygen atoms in total. The number of nitrogens with zero attached hydrogens (tertiary/aromatic N) is 5. The smallest absolute Gasteiger partial charge is 0.258 e. The van der Waals surface area contributed by atoms with Crippen LogP contribution in [0.1, 0.15) is 22.8 Å². The van der Waals surface area contributed by atoms with Gasteiger partial charge < -0.3 is 4.57 Å². The normalized spacial score (nSPS) is 11.2. The lowest BCUT2D eigenvalue weighted by atomic mass is 10.1. The zero-order chi connectivity index (χ0) is 18.8. The average Bonchev–Trinajstić information content (AvgIpc) is 3.00. The number of aryl methyl sites for hydroxylation is 1. The minimum atomic E-state index is -0.0589. The van der Waals surface area contributed by atoms with Crippen molar-refractivity contribution in [2.24, 2.45) is 7.05 Å². The van der Waals surface area contributed by atoms with Crippen LogP contribution in [0, 0.1) is 6.92 Å². The van der Waals surface area contributed by atoms with Crippen molar-refractivity contribution in [3.05, 3.63) is 87.7 Å². The van der Waals surface area contributed by atoms with E-state index in [0.717, 1.165) is 28.8 Å². The summed E-state index contributed by atoms with van der Waals surface area (Å²) in [6.45, 7) is 1.90. The second kappa shape index (κ2) is 7.36. The molecule has 4 rings (SSSR count). The highest BCUT2D eigenvalue weighted by atomic mass is 32.2. The molecule has 0 N–H and O–H groups in total. The van der Waals surface area contributed by atoms with Crippen LogP contribution in [0.3, 0.4) is 0 Å². The number of benzene rings is 1. The Morgan fingerprint density at radius 3 is 2.67 bits per heavy atom. The van der Waals surface area contributed by atoms with Crippen molar-refractivity contribution in [1.29, 1.82) is 0 Å². The van der Waals surface area contributed by atoms with Crippen LogP contribution in [0.15, 0.2) is 64.5 Å². The molecule has 0 spiro atoms. The predicted molar refractivity (Wildman–Crippen MR) is 106 cm³/mol. The summed E-state index contributed by atoms with van der Waals surface area (Å²) < 4.78 is 3.62. The van der Waals surface area contributed by atoms with Crippen molar-refractivity contribution >= 4 is 17.4 Å². The minimum absolute atomic E-state index is 0.0589. The van der Waals surface area contributed by atoms with E-state index in [1.54, 1.807) is 10.5 Å². The predicted octanol–water partition coefficient (Wildman–Crippen LogP) is 3.01.